The molecule has 1 N–H and O–H groups in total. The molecule has 0 amide bonds. The molecule has 2 atom stereocenters. The fourth-order valence-electron chi connectivity index (χ4n) is 3.40. The normalized spacial score (nSPS) is 24.3. The van der Waals surface area contributed by atoms with Crippen molar-refractivity contribution in [2.75, 3.05) is 20.1 Å². The molecule has 0 saturated carbocycles. The largest absolute Gasteiger partial charge is 0.314 e. The third-order valence-electron chi connectivity index (χ3n) is 4.57. The Hall–Kier alpha value is -0.380. The Bertz CT molecular complexity index is 459. The third-order valence-corrected chi connectivity index (χ3v) is 5.46. The molecule has 0 bridgehead atoms. The first-order valence-corrected chi connectivity index (χ1v) is 8.98. The van der Waals surface area contributed by atoms with E-state index in [4.69, 9.17) is 0 Å². The highest BCUT2D eigenvalue weighted by Crippen LogP contribution is 2.35. The summed E-state index contributed by atoms with van der Waals surface area (Å²) in [7, 11) is 2.29. The number of nitrogens with zero attached hydrogens (tertiary/aromatic N) is 1. The van der Waals surface area contributed by atoms with Crippen LogP contribution in [-0.4, -0.2) is 31.1 Å². The quantitative estimate of drug-likeness (QED) is 0.856. The van der Waals surface area contributed by atoms with Crippen LogP contribution in [0.25, 0.3) is 0 Å². The smallest absolute Gasteiger partial charge is 0.0385 e. The molecule has 3 heteroatoms. The van der Waals surface area contributed by atoms with E-state index in [0.717, 1.165) is 6.54 Å². The van der Waals surface area contributed by atoms with Crippen molar-refractivity contribution in [2.24, 2.45) is 5.92 Å². The highest BCUT2D eigenvalue weighted by Gasteiger charge is 2.29. The molecule has 1 heterocycles. The van der Waals surface area contributed by atoms with Crippen molar-refractivity contribution in [3.05, 3.63) is 33.8 Å². The Morgan fingerprint density at radius 2 is 2.10 bits per heavy atom. The average Bonchev–Trinajstić information content (AvgIpc) is 2.61. The van der Waals surface area contributed by atoms with Crippen LogP contribution in [0.15, 0.2) is 22.7 Å². The summed E-state index contributed by atoms with van der Waals surface area (Å²) in [5.74, 6) is 0.695. The molecular formula is C18H29BrN2. The maximum atomic E-state index is 3.65. The first kappa shape index (κ1) is 17.0. The summed E-state index contributed by atoms with van der Waals surface area (Å²) in [5, 5.41) is 3.65. The van der Waals surface area contributed by atoms with Crippen LogP contribution in [0.1, 0.15) is 50.3 Å². The van der Waals surface area contributed by atoms with Gasteiger partial charge in [0.2, 0.25) is 0 Å². The summed E-state index contributed by atoms with van der Waals surface area (Å²) in [6.07, 6.45) is 3.99. The molecule has 0 radical (unpaired) electrons. The van der Waals surface area contributed by atoms with E-state index in [1.54, 1.807) is 0 Å². The lowest BCUT2D eigenvalue weighted by Crippen LogP contribution is -2.37. The Morgan fingerprint density at radius 3 is 2.76 bits per heavy atom. The molecule has 2 nitrogen and oxygen atoms in total. The van der Waals surface area contributed by atoms with E-state index in [1.807, 2.05) is 0 Å². The standard InChI is InChI=1S/C18H29BrN2/c1-13(2)20-12-16-7-5-6-10-21(4)18(16)15-8-9-17(19)14(3)11-15/h8-9,11,13,16,18,20H,5-7,10,12H2,1-4H3. The van der Waals surface area contributed by atoms with Gasteiger partial charge in [-0.2, -0.15) is 0 Å². The van der Waals surface area contributed by atoms with Crippen LogP contribution in [0.3, 0.4) is 0 Å². The summed E-state index contributed by atoms with van der Waals surface area (Å²) in [5.41, 5.74) is 2.80. The summed E-state index contributed by atoms with van der Waals surface area (Å²) in [6, 6.07) is 7.96. The van der Waals surface area contributed by atoms with Crippen molar-refractivity contribution in [3.8, 4) is 0 Å². The number of halogens is 1. The van der Waals surface area contributed by atoms with Crippen molar-refractivity contribution < 1.29 is 0 Å². The molecular weight excluding hydrogens is 324 g/mol. The van der Waals surface area contributed by atoms with Crippen LogP contribution in [0.5, 0.6) is 0 Å². The Labute approximate surface area is 138 Å². The van der Waals surface area contributed by atoms with Gasteiger partial charge >= 0.3 is 0 Å². The van der Waals surface area contributed by atoms with Crippen LogP contribution in [-0.2, 0) is 0 Å². The van der Waals surface area contributed by atoms with E-state index in [1.165, 1.54) is 41.4 Å². The highest BCUT2D eigenvalue weighted by molar-refractivity contribution is 9.10. The fraction of sp³-hybridized carbons (Fsp3) is 0.667. The lowest BCUT2D eigenvalue weighted by Gasteiger charge is -2.34. The summed E-state index contributed by atoms with van der Waals surface area (Å²) in [4.78, 5) is 2.56. The maximum Gasteiger partial charge on any atom is 0.0385 e. The van der Waals surface area contributed by atoms with E-state index in [-0.39, 0.29) is 0 Å². The van der Waals surface area contributed by atoms with E-state index in [0.29, 0.717) is 18.0 Å². The Kier molecular flexibility index (Phi) is 6.27. The van der Waals surface area contributed by atoms with Crippen molar-refractivity contribution in [3.63, 3.8) is 0 Å². The van der Waals surface area contributed by atoms with Gasteiger partial charge in [-0.25, -0.2) is 0 Å². The van der Waals surface area contributed by atoms with Gasteiger partial charge in [-0.05, 0) is 56.5 Å². The number of benzene rings is 1. The first-order chi connectivity index (χ1) is 9.99. The second kappa shape index (κ2) is 7.75. The second-order valence-corrected chi connectivity index (χ2v) is 7.61. The Morgan fingerprint density at radius 1 is 1.33 bits per heavy atom. The van der Waals surface area contributed by atoms with E-state index < -0.39 is 0 Å². The lowest BCUT2D eigenvalue weighted by atomic mass is 9.88. The number of aryl methyl sites for hydroxylation is 1. The molecule has 1 fully saturated rings. The third kappa shape index (κ3) is 4.54. The minimum Gasteiger partial charge on any atom is -0.314 e. The van der Waals surface area contributed by atoms with Crippen molar-refractivity contribution in [1.29, 1.82) is 0 Å². The van der Waals surface area contributed by atoms with Gasteiger partial charge in [0.15, 0.2) is 0 Å². The summed E-state index contributed by atoms with van der Waals surface area (Å²) >= 11 is 3.62. The highest BCUT2D eigenvalue weighted by atomic mass is 79.9. The van der Waals surface area contributed by atoms with Gasteiger partial charge in [-0.1, -0.05) is 48.3 Å². The second-order valence-electron chi connectivity index (χ2n) is 6.75. The summed E-state index contributed by atoms with van der Waals surface area (Å²) in [6.45, 7) is 8.98. The van der Waals surface area contributed by atoms with E-state index >= 15 is 0 Å². The fourth-order valence-corrected chi connectivity index (χ4v) is 3.65. The van der Waals surface area contributed by atoms with Crippen LogP contribution < -0.4 is 5.32 Å². The van der Waals surface area contributed by atoms with Gasteiger partial charge in [0.1, 0.15) is 0 Å². The Balaban J connectivity index is 2.25. The molecule has 1 aliphatic heterocycles. The van der Waals surface area contributed by atoms with Crippen LogP contribution >= 0.6 is 15.9 Å². The average molecular weight is 353 g/mol. The van der Waals surface area contributed by atoms with Gasteiger partial charge < -0.3 is 5.32 Å². The van der Waals surface area contributed by atoms with Crippen molar-refractivity contribution >= 4 is 15.9 Å². The molecule has 1 aromatic carbocycles. The van der Waals surface area contributed by atoms with Crippen LogP contribution in [0.4, 0.5) is 0 Å². The molecule has 0 spiro atoms. The number of nitrogens with one attached hydrogen (secondary N) is 1. The van der Waals surface area contributed by atoms with Gasteiger partial charge in [-0.3, -0.25) is 4.90 Å². The molecule has 21 heavy (non-hydrogen) atoms. The van der Waals surface area contributed by atoms with Gasteiger partial charge in [0.05, 0.1) is 0 Å². The van der Waals surface area contributed by atoms with E-state index in [2.05, 4.69) is 72.2 Å². The molecule has 1 aromatic rings. The van der Waals surface area contributed by atoms with Gasteiger partial charge in [0, 0.05) is 23.1 Å². The number of hydrogen-bond donors (Lipinski definition) is 1. The van der Waals surface area contributed by atoms with Crippen molar-refractivity contribution in [2.45, 2.75) is 52.1 Å². The van der Waals surface area contributed by atoms with Gasteiger partial charge in [-0.15, -0.1) is 0 Å². The molecule has 1 aliphatic rings. The predicted molar refractivity (Wildman–Crippen MR) is 94.7 cm³/mol. The maximum absolute atomic E-state index is 3.65. The number of hydrogen-bond acceptors (Lipinski definition) is 2. The number of likely N-dealkylation sites (tertiary alicyclic amines) is 1. The lowest BCUT2D eigenvalue weighted by molar-refractivity contribution is 0.187. The minimum atomic E-state index is 0.533. The van der Waals surface area contributed by atoms with Crippen molar-refractivity contribution in [1.82, 2.24) is 10.2 Å². The topological polar surface area (TPSA) is 15.3 Å². The molecule has 118 valence electrons. The molecule has 1 saturated heterocycles. The minimum absolute atomic E-state index is 0.533. The molecule has 0 aromatic heterocycles. The van der Waals surface area contributed by atoms with Crippen LogP contribution in [0.2, 0.25) is 0 Å². The molecule has 0 aliphatic carbocycles. The molecule has 2 unspecified atom stereocenters. The zero-order chi connectivity index (χ0) is 15.4. The number of rotatable bonds is 4. The predicted octanol–water partition coefficient (Wildman–Crippen LogP) is 4.53. The zero-order valence-electron chi connectivity index (χ0n) is 13.8. The monoisotopic (exact) mass is 352 g/mol. The first-order valence-electron chi connectivity index (χ1n) is 8.18. The van der Waals surface area contributed by atoms with Gasteiger partial charge in [0.25, 0.3) is 0 Å². The molecule has 2 rings (SSSR count). The zero-order valence-corrected chi connectivity index (χ0v) is 15.4. The summed E-state index contributed by atoms with van der Waals surface area (Å²) < 4.78 is 1.21. The van der Waals surface area contributed by atoms with Crippen LogP contribution in [0, 0.1) is 12.8 Å². The van der Waals surface area contributed by atoms with E-state index in [9.17, 15) is 0 Å². The SMILES string of the molecule is Cc1cc(C2C(CNC(C)C)CCCCN2C)ccc1Br.